The van der Waals surface area contributed by atoms with E-state index < -0.39 is 0 Å². The predicted octanol–water partition coefficient (Wildman–Crippen LogP) is 3.63. The summed E-state index contributed by atoms with van der Waals surface area (Å²) < 4.78 is 11.8. The molecule has 0 saturated carbocycles. The van der Waals surface area contributed by atoms with Crippen LogP contribution in [0.4, 0.5) is 0 Å². The molecule has 0 amide bonds. The van der Waals surface area contributed by atoms with E-state index in [-0.39, 0.29) is 5.78 Å². The zero-order valence-corrected chi connectivity index (χ0v) is 12.8. The van der Waals surface area contributed by atoms with Gasteiger partial charge in [0, 0.05) is 21.8 Å². The number of halogens is 1. The summed E-state index contributed by atoms with van der Waals surface area (Å²) in [7, 11) is 1.59. The molecular formula is C15H14BrNO3. The molecule has 1 aromatic carbocycles. The molecule has 0 N–H and O–H groups in total. The highest BCUT2D eigenvalue weighted by Gasteiger charge is 2.08. The van der Waals surface area contributed by atoms with Crippen molar-refractivity contribution in [2.45, 2.75) is 13.5 Å². The molecule has 0 aliphatic rings. The molecular weight excluding hydrogens is 322 g/mol. The van der Waals surface area contributed by atoms with E-state index in [0.717, 1.165) is 10.0 Å². The molecule has 5 heteroatoms. The van der Waals surface area contributed by atoms with Crippen LogP contribution < -0.4 is 9.47 Å². The second-order valence-corrected chi connectivity index (χ2v) is 5.13. The lowest BCUT2D eigenvalue weighted by atomic mass is 10.1. The largest absolute Gasteiger partial charge is 0.496 e. The van der Waals surface area contributed by atoms with Crippen LogP contribution in [-0.4, -0.2) is 17.9 Å². The molecule has 104 valence electrons. The zero-order valence-electron chi connectivity index (χ0n) is 11.2. The minimum absolute atomic E-state index is 0.0121. The first-order chi connectivity index (χ1) is 9.60. The summed E-state index contributed by atoms with van der Waals surface area (Å²) in [6.07, 6.45) is 3.32. The van der Waals surface area contributed by atoms with Gasteiger partial charge in [0.05, 0.1) is 13.3 Å². The second kappa shape index (κ2) is 6.52. The van der Waals surface area contributed by atoms with E-state index in [4.69, 9.17) is 9.47 Å². The van der Waals surface area contributed by atoms with Gasteiger partial charge in [0.1, 0.15) is 18.1 Å². The zero-order chi connectivity index (χ0) is 14.5. The molecule has 0 aliphatic heterocycles. The van der Waals surface area contributed by atoms with Gasteiger partial charge in [-0.25, -0.2) is 0 Å². The van der Waals surface area contributed by atoms with Crippen molar-refractivity contribution in [3.05, 3.63) is 52.3 Å². The Morgan fingerprint density at radius 1 is 1.30 bits per heavy atom. The Labute approximate surface area is 125 Å². The summed E-state index contributed by atoms with van der Waals surface area (Å²) in [5.74, 6) is 1.35. The Hall–Kier alpha value is -1.88. The number of pyridine rings is 1. The summed E-state index contributed by atoms with van der Waals surface area (Å²) in [5, 5.41) is 0. The van der Waals surface area contributed by atoms with Crippen LogP contribution >= 0.6 is 15.9 Å². The van der Waals surface area contributed by atoms with Crippen LogP contribution in [0.2, 0.25) is 0 Å². The molecule has 20 heavy (non-hydrogen) atoms. The van der Waals surface area contributed by atoms with Gasteiger partial charge in [-0.3, -0.25) is 9.78 Å². The monoisotopic (exact) mass is 335 g/mol. The van der Waals surface area contributed by atoms with Gasteiger partial charge in [-0.05, 0) is 47.1 Å². The molecule has 0 aliphatic carbocycles. The van der Waals surface area contributed by atoms with Crippen LogP contribution in [0.15, 0.2) is 41.1 Å². The third-order valence-corrected chi connectivity index (χ3v) is 3.19. The molecule has 0 unspecified atom stereocenters. The number of ether oxygens (including phenoxy) is 2. The van der Waals surface area contributed by atoms with Crippen molar-refractivity contribution in [1.82, 2.24) is 4.98 Å². The Kier molecular flexibility index (Phi) is 4.74. The standard InChI is InChI=1S/C15H14BrNO3/c1-10(18)11-3-4-15(19-2)12(5-11)9-20-14-6-13(16)7-17-8-14/h3-8H,9H2,1-2H3. The lowest BCUT2D eigenvalue weighted by Crippen LogP contribution is -2.02. The molecule has 4 nitrogen and oxygen atoms in total. The van der Waals surface area contributed by atoms with Gasteiger partial charge in [-0.2, -0.15) is 0 Å². The maximum atomic E-state index is 11.4. The highest BCUT2D eigenvalue weighted by molar-refractivity contribution is 9.10. The van der Waals surface area contributed by atoms with Gasteiger partial charge in [0.25, 0.3) is 0 Å². The first-order valence-electron chi connectivity index (χ1n) is 6.01. The maximum Gasteiger partial charge on any atom is 0.159 e. The Morgan fingerprint density at radius 2 is 2.10 bits per heavy atom. The summed E-state index contributed by atoms with van der Waals surface area (Å²) in [4.78, 5) is 15.4. The van der Waals surface area contributed by atoms with E-state index in [1.807, 2.05) is 6.07 Å². The molecule has 0 bridgehead atoms. The molecule has 0 spiro atoms. The number of benzene rings is 1. The third kappa shape index (κ3) is 3.57. The number of aromatic nitrogens is 1. The molecule has 0 atom stereocenters. The van der Waals surface area contributed by atoms with Crippen LogP contribution in [0.3, 0.4) is 0 Å². The van der Waals surface area contributed by atoms with Gasteiger partial charge in [0.15, 0.2) is 5.78 Å². The predicted molar refractivity (Wildman–Crippen MR) is 79.3 cm³/mol. The summed E-state index contributed by atoms with van der Waals surface area (Å²) in [5.41, 5.74) is 1.46. The third-order valence-electron chi connectivity index (χ3n) is 2.76. The van der Waals surface area contributed by atoms with Crippen LogP contribution in [-0.2, 0) is 6.61 Å². The van der Waals surface area contributed by atoms with Gasteiger partial charge >= 0.3 is 0 Å². The normalized spacial score (nSPS) is 10.2. The van der Waals surface area contributed by atoms with Crippen molar-refractivity contribution < 1.29 is 14.3 Å². The molecule has 2 aromatic rings. The van der Waals surface area contributed by atoms with E-state index in [2.05, 4.69) is 20.9 Å². The number of hydrogen-bond donors (Lipinski definition) is 0. The van der Waals surface area contributed by atoms with Crippen LogP contribution in [0.5, 0.6) is 11.5 Å². The van der Waals surface area contributed by atoms with E-state index in [0.29, 0.717) is 23.7 Å². The van der Waals surface area contributed by atoms with Crippen LogP contribution in [0.1, 0.15) is 22.8 Å². The lowest BCUT2D eigenvalue weighted by molar-refractivity contribution is 0.101. The van der Waals surface area contributed by atoms with Crippen molar-refractivity contribution >= 4 is 21.7 Å². The van der Waals surface area contributed by atoms with Crippen LogP contribution in [0, 0.1) is 0 Å². The highest BCUT2D eigenvalue weighted by Crippen LogP contribution is 2.23. The average molecular weight is 336 g/mol. The van der Waals surface area contributed by atoms with E-state index in [1.165, 1.54) is 6.92 Å². The SMILES string of the molecule is COc1ccc(C(C)=O)cc1COc1cncc(Br)c1. The number of hydrogen-bond acceptors (Lipinski definition) is 4. The van der Waals surface area contributed by atoms with E-state index >= 15 is 0 Å². The topological polar surface area (TPSA) is 48.4 Å². The maximum absolute atomic E-state index is 11.4. The van der Waals surface area contributed by atoms with E-state index in [1.54, 1.807) is 37.7 Å². The summed E-state index contributed by atoms with van der Waals surface area (Å²) in [6.45, 7) is 1.84. The van der Waals surface area contributed by atoms with Crippen molar-refractivity contribution in [3.8, 4) is 11.5 Å². The number of rotatable bonds is 5. The molecule has 0 fully saturated rings. The van der Waals surface area contributed by atoms with E-state index in [9.17, 15) is 4.79 Å². The fraction of sp³-hybridized carbons (Fsp3) is 0.200. The first kappa shape index (κ1) is 14.5. The summed E-state index contributed by atoms with van der Waals surface area (Å²) >= 11 is 3.34. The lowest BCUT2D eigenvalue weighted by Gasteiger charge is -2.11. The molecule has 2 rings (SSSR count). The van der Waals surface area contributed by atoms with Crippen molar-refractivity contribution in [1.29, 1.82) is 0 Å². The number of ketones is 1. The molecule has 0 radical (unpaired) electrons. The minimum Gasteiger partial charge on any atom is -0.496 e. The molecule has 1 heterocycles. The number of Topliss-reactive ketones (excluding diaryl/α,β-unsaturated/α-hetero) is 1. The summed E-state index contributed by atoms with van der Waals surface area (Å²) in [6, 6.07) is 7.13. The Bertz CT molecular complexity index is 628. The Balaban J connectivity index is 2.19. The molecule has 0 saturated heterocycles. The second-order valence-electron chi connectivity index (χ2n) is 4.21. The van der Waals surface area contributed by atoms with Gasteiger partial charge in [-0.1, -0.05) is 0 Å². The number of nitrogens with zero attached hydrogens (tertiary/aromatic N) is 1. The smallest absolute Gasteiger partial charge is 0.159 e. The number of carbonyl (C=O) groups is 1. The van der Waals surface area contributed by atoms with Gasteiger partial charge < -0.3 is 9.47 Å². The van der Waals surface area contributed by atoms with Gasteiger partial charge in [-0.15, -0.1) is 0 Å². The minimum atomic E-state index is 0.0121. The van der Waals surface area contributed by atoms with Crippen molar-refractivity contribution in [3.63, 3.8) is 0 Å². The fourth-order valence-electron chi connectivity index (χ4n) is 1.74. The number of carbonyl (C=O) groups excluding carboxylic acids is 1. The van der Waals surface area contributed by atoms with Gasteiger partial charge in [0.2, 0.25) is 0 Å². The van der Waals surface area contributed by atoms with Crippen LogP contribution in [0.25, 0.3) is 0 Å². The highest BCUT2D eigenvalue weighted by atomic mass is 79.9. The van der Waals surface area contributed by atoms with Crippen molar-refractivity contribution in [2.75, 3.05) is 7.11 Å². The number of methoxy groups -OCH3 is 1. The van der Waals surface area contributed by atoms with Crippen molar-refractivity contribution in [2.24, 2.45) is 0 Å². The quantitative estimate of drug-likeness (QED) is 0.783. The first-order valence-corrected chi connectivity index (χ1v) is 6.80. The molecule has 1 aromatic heterocycles. The Morgan fingerprint density at radius 3 is 2.75 bits per heavy atom. The fourth-order valence-corrected chi connectivity index (χ4v) is 2.09. The average Bonchev–Trinajstić information content (AvgIpc) is 2.44.